The van der Waals surface area contributed by atoms with Crippen LogP contribution in [0.2, 0.25) is 0 Å². The molecule has 5 rings (SSSR count). The van der Waals surface area contributed by atoms with Gasteiger partial charge in [0.1, 0.15) is 11.9 Å². The molecule has 0 N–H and O–H groups in total. The molecule has 6 nitrogen and oxygen atoms in total. The molecule has 1 saturated heterocycles. The Labute approximate surface area is 211 Å². The number of halogens is 3. The molecule has 1 aliphatic heterocycles. The van der Waals surface area contributed by atoms with Crippen LogP contribution in [0.1, 0.15) is 33.9 Å². The fourth-order valence-corrected chi connectivity index (χ4v) is 5.15. The summed E-state index contributed by atoms with van der Waals surface area (Å²) in [4.78, 5) is 26.2. The number of carbonyl (C=O) groups is 2. The molecule has 1 amide bonds. The van der Waals surface area contributed by atoms with Crippen molar-refractivity contribution in [2.24, 2.45) is 0 Å². The zero-order valence-electron chi connectivity index (χ0n) is 20.2. The first-order chi connectivity index (χ1) is 17.7. The van der Waals surface area contributed by atoms with Crippen LogP contribution in [0, 0.1) is 0 Å². The van der Waals surface area contributed by atoms with E-state index in [0.29, 0.717) is 28.9 Å². The normalized spacial score (nSPS) is 18.3. The van der Waals surface area contributed by atoms with E-state index in [-0.39, 0.29) is 18.5 Å². The maximum Gasteiger partial charge on any atom is 0.416 e. The molecule has 0 spiro atoms. The standard InChI is InChI=1S/C28H24F3NO5/c1-35-23-10-7-16(12-25(33)36-2)11-22(23)20-9-8-19(28(29,30)31)13-18(20)15-32-26-21-6-4-3-5-17(21)14-24(26)37-27(32)34/h3-11,13,24,26H,12,14-15H2,1-2H3. The minimum absolute atomic E-state index is 0.0115. The number of hydrogen-bond acceptors (Lipinski definition) is 5. The Morgan fingerprint density at radius 2 is 1.84 bits per heavy atom. The number of ether oxygens (including phenoxy) is 3. The Morgan fingerprint density at radius 1 is 1.05 bits per heavy atom. The van der Waals surface area contributed by atoms with E-state index in [1.54, 1.807) is 18.2 Å². The topological polar surface area (TPSA) is 65.1 Å². The maximum atomic E-state index is 13.7. The first-order valence-electron chi connectivity index (χ1n) is 11.7. The van der Waals surface area contributed by atoms with Crippen LogP contribution in [0.3, 0.4) is 0 Å². The molecule has 3 aromatic carbocycles. The Bertz CT molecular complexity index is 1370. The molecule has 1 fully saturated rings. The Balaban J connectivity index is 1.60. The molecule has 0 saturated carbocycles. The zero-order valence-corrected chi connectivity index (χ0v) is 20.2. The van der Waals surface area contributed by atoms with Gasteiger partial charge in [-0.3, -0.25) is 9.69 Å². The van der Waals surface area contributed by atoms with E-state index >= 15 is 0 Å². The lowest BCUT2D eigenvalue weighted by atomic mass is 9.94. The molecule has 2 aliphatic rings. The third-order valence-electron chi connectivity index (χ3n) is 6.87. The zero-order chi connectivity index (χ0) is 26.3. The van der Waals surface area contributed by atoms with E-state index < -0.39 is 35.9 Å². The summed E-state index contributed by atoms with van der Waals surface area (Å²) < 4.78 is 57.0. The van der Waals surface area contributed by atoms with Gasteiger partial charge in [0, 0.05) is 12.0 Å². The second kappa shape index (κ2) is 9.46. The average Bonchev–Trinajstić information content (AvgIpc) is 3.38. The highest BCUT2D eigenvalue weighted by atomic mass is 19.4. The summed E-state index contributed by atoms with van der Waals surface area (Å²) in [5, 5.41) is 0. The van der Waals surface area contributed by atoms with E-state index in [9.17, 15) is 22.8 Å². The fraction of sp³-hybridized carbons (Fsp3) is 0.286. The second-order valence-electron chi connectivity index (χ2n) is 9.06. The molecule has 0 aromatic heterocycles. The second-order valence-corrected chi connectivity index (χ2v) is 9.06. The molecular weight excluding hydrogens is 487 g/mol. The molecule has 2 atom stereocenters. The summed E-state index contributed by atoms with van der Waals surface area (Å²) >= 11 is 0. The third kappa shape index (κ3) is 4.61. The first kappa shape index (κ1) is 24.7. The highest BCUT2D eigenvalue weighted by Crippen LogP contribution is 2.45. The molecule has 1 aliphatic carbocycles. The number of amides is 1. The van der Waals surface area contributed by atoms with Crippen molar-refractivity contribution in [1.82, 2.24) is 4.90 Å². The van der Waals surface area contributed by atoms with Gasteiger partial charge in [0.15, 0.2) is 0 Å². The molecule has 192 valence electrons. The van der Waals surface area contributed by atoms with Gasteiger partial charge in [-0.25, -0.2) is 4.79 Å². The van der Waals surface area contributed by atoms with E-state index in [0.717, 1.165) is 23.3 Å². The van der Waals surface area contributed by atoms with Crippen LogP contribution in [0.4, 0.5) is 18.0 Å². The lowest BCUT2D eigenvalue weighted by molar-refractivity contribution is -0.140. The number of benzene rings is 3. The lowest BCUT2D eigenvalue weighted by Crippen LogP contribution is -2.28. The van der Waals surface area contributed by atoms with E-state index in [2.05, 4.69) is 0 Å². The number of rotatable bonds is 6. The van der Waals surface area contributed by atoms with E-state index in [1.807, 2.05) is 24.3 Å². The number of nitrogens with zero attached hydrogens (tertiary/aromatic N) is 1. The monoisotopic (exact) mass is 511 g/mol. The van der Waals surface area contributed by atoms with Crippen molar-refractivity contribution < 1.29 is 37.0 Å². The van der Waals surface area contributed by atoms with Gasteiger partial charge < -0.3 is 14.2 Å². The summed E-state index contributed by atoms with van der Waals surface area (Å²) in [6.07, 6.45) is -4.99. The Morgan fingerprint density at radius 3 is 2.57 bits per heavy atom. The number of alkyl halides is 3. The van der Waals surface area contributed by atoms with Crippen molar-refractivity contribution in [1.29, 1.82) is 0 Å². The molecule has 9 heteroatoms. The van der Waals surface area contributed by atoms with Crippen LogP contribution >= 0.6 is 0 Å². The fourth-order valence-electron chi connectivity index (χ4n) is 5.15. The summed E-state index contributed by atoms with van der Waals surface area (Å²) in [5.41, 5.74) is 3.01. The molecule has 3 aromatic rings. The van der Waals surface area contributed by atoms with Crippen LogP contribution in [0.25, 0.3) is 11.1 Å². The van der Waals surface area contributed by atoms with Crippen molar-refractivity contribution in [2.75, 3.05) is 14.2 Å². The number of carbonyl (C=O) groups excluding carboxylic acids is 2. The van der Waals surface area contributed by atoms with Crippen molar-refractivity contribution in [3.05, 3.63) is 88.5 Å². The minimum Gasteiger partial charge on any atom is -0.496 e. The molecule has 37 heavy (non-hydrogen) atoms. The summed E-state index contributed by atoms with van der Waals surface area (Å²) in [6, 6.07) is 15.7. The highest BCUT2D eigenvalue weighted by Gasteiger charge is 2.47. The number of methoxy groups -OCH3 is 2. The third-order valence-corrected chi connectivity index (χ3v) is 6.87. The number of hydrogen-bond donors (Lipinski definition) is 0. The Kier molecular flexibility index (Phi) is 6.31. The molecule has 0 radical (unpaired) electrons. The van der Waals surface area contributed by atoms with Crippen molar-refractivity contribution in [3.8, 4) is 16.9 Å². The van der Waals surface area contributed by atoms with Gasteiger partial charge in [-0.1, -0.05) is 36.4 Å². The first-order valence-corrected chi connectivity index (χ1v) is 11.7. The number of fused-ring (bicyclic) bond motifs is 3. The SMILES string of the molecule is COC(=O)Cc1ccc(OC)c(-c2ccc(C(F)(F)F)cc2CN2C(=O)OC3Cc4ccccc4C32)c1. The van der Waals surface area contributed by atoms with Gasteiger partial charge in [-0.15, -0.1) is 0 Å². The van der Waals surface area contributed by atoms with E-state index in [4.69, 9.17) is 14.2 Å². The van der Waals surface area contributed by atoms with Gasteiger partial charge >= 0.3 is 18.2 Å². The molecular formula is C28H24F3NO5. The van der Waals surface area contributed by atoms with Gasteiger partial charge in [0.2, 0.25) is 0 Å². The summed E-state index contributed by atoms with van der Waals surface area (Å²) in [7, 11) is 2.74. The van der Waals surface area contributed by atoms with E-state index in [1.165, 1.54) is 25.2 Å². The van der Waals surface area contributed by atoms with Crippen molar-refractivity contribution in [2.45, 2.75) is 37.7 Å². The van der Waals surface area contributed by atoms with Crippen LogP contribution in [0.5, 0.6) is 5.75 Å². The van der Waals surface area contributed by atoms with Gasteiger partial charge in [0.25, 0.3) is 0 Å². The van der Waals surface area contributed by atoms with Gasteiger partial charge in [-0.2, -0.15) is 13.2 Å². The largest absolute Gasteiger partial charge is 0.496 e. The predicted molar refractivity (Wildman–Crippen MR) is 128 cm³/mol. The smallest absolute Gasteiger partial charge is 0.416 e. The predicted octanol–water partition coefficient (Wildman–Crippen LogP) is 5.71. The van der Waals surface area contributed by atoms with Crippen LogP contribution in [-0.2, 0) is 39.8 Å². The quantitative estimate of drug-likeness (QED) is 0.397. The summed E-state index contributed by atoms with van der Waals surface area (Å²) in [6.45, 7) is -0.0992. The van der Waals surface area contributed by atoms with Crippen LogP contribution in [0.15, 0.2) is 60.7 Å². The molecule has 2 unspecified atom stereocenters. The highest BCUT2D eigenvalue weighted by molar-refractivity contribution is 5.78. The number of esters is 1. The Hall–Kier alpha value is -4.01. The van der Waals surface area contributed by atoms with Gasteiger partial charge in [0.05, 0.1) is 38.8 Å². The molecule has 1 heterocycles. The lowest BCUT2D eigenvalue weighted by Gasteiger charge is -2.24. The molecule has 0 bridgehead atoms. The average molecular weight is 511 g/mol. The van der Waals surface area contributed by atoms with Crippen LogP contribution in [-0.4, -0.2) is 37.3 Å². The summed E-state index contributed by atoms with van der Waals surface area (Å²) in [5.74, 6) is -0.0303. The van der Waals surface area contributed by atoms with Crippen molar-refractivity contribution in [3.63, 3.8) is 0 Å². The van der Waals surface area contributed by atoms with Crippen molar-refractivity contribution >= 4 is 12.1 Å². The maximum absolute atomic E-state index is 13.7. The minimum atomic E-state index is -4.57. The van der Waals surface area contributed by atoms with Crippen LogP contribution < -0.4 is 4.74 Å². The van der Waals surface area contributed by atoms with Gasteiger partial charge in [-0.05, 0) is 52.1 Å².